The van der Waals surface area contributed by atoms with Crippen molar-refractivity contribution in [3.05, 3.63) is 0 Å². The van der Waals surface area contributed by atoms with Gasteiger partial charge in [-0.05, 0) is 25.2 Å². The van der Waals surface area contributed by atoms with Crippen molar-refractivity contribution >= 4 is 17.9 Å². The Kier molecular flexibility index (Phi) is 53.0. The monoisotopic (exact) mass is 933 g/mol. The average Bonchev–Trinajstić information content (AvgIpc) is 3.30. The molecule has 66 heavy (non-hydrogen) atoms. The third-order valence-corrected chi connectivity index (χ3v) is 13.8. The number of hydrogen-bond acceptors (Lipinski definition) is 6. The van der Waals surface area contributed by atoms with Gasteiger partial charge in [0.15, 0.2) is 6.10 Å². The number of unbranched alkanes of at least 4 members (excludes halogenated alkanes) is 42. The summed E-state index contributed by atoms with van der Waals surface area (Å²) in [4.78, 5) is 38.2. The van der Waals surface area contributed by atoms with Crippen molar-refractivity contribution in [2.75, 3.05) is 13.2 Å². The van der Waals surface area contributed by atoms with E-state index in [0.717, 1.165) is 63.7 Å². The van der Waals surface area contributed by atoms with Crippen molar-refractivity contribution in [1.29, 1.82) is 0 Å². The smallest absolute Gasteiger partial charge is 0.306 e. The van der Waals surface area contributed by atoms with E-state index in [1.807, 2.05) is 0 Å². The van der Waals surface area contributed by atoms with E-state index in [-0.39, 0.29) is 31.1 Å². The van der Waals surface area contributed by atoms with Crippen LogP contribution in [0.2, 0.25) is 0 Å². The molecule has 0 saturated carbocycles. The maximum Gasteiger partial charge on any atom is 0.306 e. The molecule has 0 aromatic heterocycles. The minimum Gasteiger partial charge on any atom is -0.462 e. The first kappa shape index (κ1) is 64.4. The van der Waals surface area contributed by atoms with Gasteiger partial charge in [-0.25, -0.2) is 0 Å². The minimum atomic E-state index is -0.762. The van der Waals surface area contributed by atoms with Crippen molar-refractivity contribution < 1.29 is 28.6 Å². The highest BCUT2D eigenvalue weighted by atomic mass is 16.6. The quantitative estimate of drug-likeness (QED) is 0.0343. The Morgan fingerprint density at radius 1 is 0.288 bits per heavy atom. The first-order chi connectivity index (χ1) is 32.4. The molecule has 0 spiro atoms. The van der Waals surface area contributed by atoms with Crippen LogP contribution in [-0.2, 0) is 28.6 Å². The van der Waals surface area contributed by atoms with E-state index >= 15 is 0 Å². The zero-order valence-electron chi connectivity index (χ0n) is 45.2. The lowest BCUT2D eigenvalue weighted by molar-refractivity contribution is -0.167. The topological polar surface area (TPSA) is 78.9 Å². The molecule has 0 amide bonds. The highest BCUT2D eigenvalue weighted by Gasteiger charge is 2.19. The predicted octanol–water partition coefficient (Wildman–Crippen LogP) is 19.8. The third kappa shape index (κ3) is 53.4. The molecule has 0 heterocycles. The van der Waals surface area contributed by atoms with Gasteiger partial charge in [0.1, 0.15) is 13.2 Å². The fourth-order valence-electron chi connectivity index (χ4n) is 9.28. The van der Waals surface area contributed by atoms with Gasteiger partial charge in [-0.1, -0.05) is 304 Å². The number of rotatable bonds is 55. The van der Waals surface area contributed by atoms with Gasteiger partial charge in [0, 0.05) is 19.3 Å². The van der Waals surface area contributed by atoms with Gasteiger partial charge < -0.3 is 14.2 Å². The zero-order chi connectivity index (χ0) is 48.1. The van der Waals surface area contributed by atoms with Crippen LogP contribution in [0.1, 0.15) is 342 Å². The highest BCUT2D eigenvalue weighted by molar-refractivity contribution is 5.71. The maximum atomic E-state index is 12.9. The summed E-state index contributed by atoms with van der Waals surface area (Å²) in [6, 6.07) is 0. The van der Waals surface area contributed by atoms with Crippen molar-refractivity contribution in [1.82, 2.24) is 0 Å². The molecule has 0 aromatic carbocycles. The number of hydrogen-bond donors (Lipinski definition) is 0. The molecule has 0 rings (SSSR count). The summed E-state index contributed by atoms with van der Waals surface area (Å²) in [5, 5.41) is 0. The van der Waals surface area contributed by atoms with Crippen LogP contribution in [0.5, 0.6) is 0 Å². The van der Waals surface area contributed by atoms with Crippen LogP contribution < -0.4 is 0 Å². The van der Waals surface area contributed by atoms with Crippen LogP contribution in [-0.4, -0.2) is 37.2 Å². The summed E-state index contributed by atoms with van der Waals surface area (Å²) < 4.78 is 16.9. The Labute approximate surface area is 412 Å². The van der Waals surface area contributed by atoms with Crippen LogP contribution >= 0.6 is 0 Å². The minimum absolute atomic E-state index is 0.0616. The fourth-order valence-corrected chi connectivity index (χ4v) is 9.28. The molecular weight excluding hydrogens is 817 g/mol. The normalized spacial score (nSPS) is 12.0. The molecule has 6 heteroatoms. The largest absolute Gasteiger partial charge is 0.462 e. The summed E-state index contributed by atoms with van der Waals surface area (Å²) in [6.45, 7) is 9.07. The standard InChI is InChI=1S/C60H116O6/c1-5-7-9-11-13-15-17-19-20-21-22-23-28-32-36-40-44-48-52-59(62)65-55-57(54-64-58(61)51-47-43-39-35-31-26-18-16-14-12-10-8-6-2)66-60(63)53-49-45-41-37-33-29-25-24-27-30-34-38-42-46-50-56(3)4/h56-57H,5-55H2,1-4H3/t57-/m1/s1. The van der Waals surface area contributed by atoms with Gasteiger partial charge in [-0.2, -0.15) is 0 Å². The second kappa shape index (κ2) is 54.4. The summed E-state index contributed by atoms with van der Waals surface area (Å²) in [5.74, 6) is 0.0107. The van der Waals surface area contributed by atoms with Gasteiger partial charge in [0.05, 0.1) is 0 Å². The lowest BCUT2D eigenvalue weighted by Crippen LogP contribution is -2.30. The third-order valence-electron chi connectivity index (χ3n) is 13.8. The van der Waals surface area contributed by atoms with Gasteiger partial charge in [-0.3, -0.25) is 14.4 Å². The van der Waals surface area contributed by atoms with Crippen LogP contribution in [0.4, 0.5) is 0 Å². The maximum absolute atomic E-state index is 12.9. The lowest BCUT2D eigenvalue weighted by atomic mass is 10.0. The van der Waals surface area contributed by atoms with E-state index in [1.165, 1.54) is 238 Å². The van der Waals surface area contributed by atoms with Gasteiger partial charge in [-0.15, -0.1) is 0 Å². The molecule has 0 saturated heterocycles. The summed E-state index contributed by atoms with van der Waals surface area (Å²) in [5.41, 5.74) is 0. The van der Waals surface area contributed by atoms with Crippen molar-refractivity contribution in [2.45, 2.75) is 348 Å². The van der Waals surface area contributed by atoms with Gasteiger partial charge >= 0.3 is 17.9 Å². The SMILES string of the molecule is CCCCCCCCCCCCCCCCCCCCC(=O)OC[C@@H](COC(=O)CCCCCCCCCCCCCCC)OC(=O)CCCCCCCCCCCCCCCCC(C)C. The summed E-state index contributed by atoms with van der Waals surface area (Å²) in [6.07, 6.45) is 59.5. The molecule has 0 aliphatic heterocycles. The molecule has 0 aliphatic carbocycles. The molecule has 392 valence electrons. The van der Waals surface area contributed by atoms with E-state index in [4.69, 9.17) is 14.2 Å². The number of esters is 3. The summed E-state index contributed by atoms with van der Waals surface area (Å²) in [7, 11) is 0. The van der Waals surface area contributed by atoms with Crippen molar-refractivity contribution in [3.8, 4) is 0 Å². The van der Waals surface area contributed by atoms with Crippen molar-refractivity contribution in [2.24, 2.45) is 5.92 Å². The van der Waals surface area contributed by atoms with E-state index in [2.05, 4.69) is 27.7 Å². The number of carbonyl (C=O) groups excluding carboxylic acids is 3. The number of carbonyl (C=O) groups is 3. The fraction of sp³-hybridized carbons (Fsp3) is 0.950. The van der Waals surface area contributed by atoms with Gasteiger partial charge in [0.2, 0.25) is 0 Å². The average molecular weight is 934 g/mol. The van der Waals surface area contributed by atoms with Gasteiger partial charge in [0.25, 0.3) is 0 Å². The molecule has 0 N–H and O–H groups in total. The second-order valence-electron chi connectivity index (χ2n) is 21.1. The van der Waals surface area contributed by atoms with E-state index in [0.29, 0.717) is 19.3 Å². The molecule has 0 bridgehead atoms. The summed E-state index contributed by atoms with van der Waals surface area (Å²) >= 11 is 0. The molecule has 0 fully saturated rings. The molecular formula is C60H116O6. The van der Waals surface area contributed by atoms with Crippen LogP contribution in [0, 0.1) is 5.92 Å². The molecule has 1 atom stereocenters. The van der Waals surface area contributed by atoms with Crippen LogP contribution in [0.15, 0.2) is 0 Å². The molecule has 6 nitrogen and oxygen atoms in total. The molecule has 0 aliphatic rings. The molecule has 0 radical (unpaired) electrons. The highest BCUT2D eigenvalue weighted by Crippen LogP contribution is 2.18. The molecule has 0 unspecified atom stereocenters. The Morgan fingerprint density at radius 2 is 0.500 bits per heavy atom. The Morgan fingerprint density at radius 3 is 0.742 bits per heavy atom. The van der Waals surface area contributed by atoms with Crippen molar-refractivity contribution in [3.63, 3.8) is 0 Å². The van der Waals surface area contributed by atoms with E-state index in [1.54, 1.807) is 0 Å². The Bertz CT molecular complexity index is 996. The Balaban J connectivity index is 4.28. The zero-order valence-corrected chi connectivity index (χ0v) is 45.2. The predicted molar refractivity (Wildman–Crippen MR) is 284 cm³/mol. The van der Waals surface area contributed by atoms with E-state index in [9.17, 15) is 14.4 Å². The molecule has 0 aromatic rings. The van der Waals surface area contributed by atoms with Crippen LogP contribution in [0.3, 0.4) is 0 Å². The van der Waals surface area contributed by atoms with E-state index < -0.39 is 6.10 Å². The van der Waals surface area contributed by atoms with Crippen LogP contribution in [0.25, 0.3) is 0 Å². The lowest BCUT2D eigenvalue weighted by Gasteiger charge is -2.18. The second-order valence-corrected chi connectivity index (χ2v) is 21.1. The first-order valence-corrected chi connectivity index (χ1v) is 29.9. The first-order valence-electron chi connectivity index (χ1n) is 29.9. The number of ether oxygens (including phenoxy) is 3. The Hall–Kier alpha value is -1.59.